The molecule has 0 saturated carbocycles. The Labute approximate surface area is 56.0 Å². The second-order valence-electron chi connectivity index (χ2n) is 1.70. The summed E-state index contributed by atoms with van der Waals surface area (Å²) in [4.78, 5) is 0. The van der Waals surface area contributed by atoms with E-state index >= 15 is 0 Å². The lowest BCUT2D eigenvalue weighted by atomic mass is 10.3. The number of allylic oxidation sites excluding steroid dienone is 4. The van der Waals surface area contributed by atoms with E-state index in [0.29, 0.717) is 0 Å². The fourth-order valence-electron chi connectivity index (χ4n) is 0.353. The number of rotatable bonds is 3. The van der Waals surface area contributed by atoms with Crippen molar-refractivity contribution in [3.63, 3.8) is 0 Å². The van der Waals surface area contributed by atoms with E-state index in [1.165, 1.54) is 6.08 Å². The van der Waals surface area contributed by atoms with Crippen molar-refractivity contribution in [1.82, 2.24) is 0 Å². The van der Waals surface area contributed by atoms with Crippen LogP contribution in [0.1, 0.15) is 6.92 Å². The Kier molecular flexibility index (Phi) is 4.83. The van der Waals surface area contributed by atoms with E-state index in [-0.39, 0.29) is 6.10 Å². The van der Waals surface area contributed by atoms with Crippen molar-refractivity contribution >= 4 is 0 Å². The fourth-order valence-corrected chi connectivity index (χ4v) is 0.353. The summed E-state index contributed by atoms with van der Waals surface area (Å²) in [6, 6.07) is 0. The Balaban J connectivity index is 3.46. The Hall–Kier alpha value is -0.820. The van der Waals surface area contributed by atoms with Crippen LogP contribution in [-0.4, -0.2) is 11.2 Å². The van der Waals surface area contributed by atoms with Gasteiger partial charge in [0.25, 0.3) is 0 Å². The normalized spacial score (nSPS) is 14.9. The molecule has 49 valence electrons. The molecule has 1 heteroatoms. The van der Waals surface area contributed by atoms with Crippen molar-refractivity contribution in [2.24, 2.45) is 0 Å². The maximum absolute atomic E-state index is 8.69. The summed E-state index contributed by atoms with van der Waals surface area (Å²) < 4.78 is 0. The lowest BCUT2D eigenvalue weighted by molar-refractivity contribution is 0.244. The van der Waals surface area contributed by atoms with Gasteiger partial charge >= 0.3 is 0 Å². The minimum absolute atomic E-state index is 0.382. The van der Waals surface area contributed by atoms with Crippen LogP contribution in [0.3, 0.4) is 0 Å². The zero-order valence-electron chi connectivity index (χ0n) is 5.49. The maximum Gasteiger partial charge on any atom is 0.0695 e. The van der Waals surface area contributed by atoms with Gasteiger partial charge in [-0.25, -0.2) is 0 Å². The van der Waals surface area contributed by atoms with Crippen LogP contribution in [0.5, 0.6) is 0 Å². The van der Waals surface area contributed by atoms with Crippen LogP contribution in [0.15, 0.2) is 30.4 Å². The SMILES string of the molecule is [CH]=CC=CC=CC(C)O. The van der Waals surface area contributed by atoms with Gasteiger partial charge < -0.3 is 5.11 Å². The molecular weight excluding hydrogens is 112 g/mol. The smallest absolute Gasteiger partial charge is 0.0695 e. The van der Waals surface area contributed by atoms with Gasteiger partial charge in [-0.05, 0) is 6.92 Å². The molecule has 0 aromatic carbocycles. The van der Waals surface area contributed by atoms with Gasteiger partial charge in [0.2, 0.25) is 0 Å². The van der Waals surface area contributed by atoms with Crippen LogP contribution in [0, 0.1) is 6.58 Å². The van der Waals surface area contributed by atoms with E-state index in [9.17, 15) is 0 Å². The van der Waals surface area contributed by atoms with Crippen LogP contribution in [0.2, 0.25) is 0 Å². The molecule has 0 amide bonds. The standard InChI is InChI=1S/C8H11O/c1-3-4-5-6-7-8(2)9/h1,3-9H,2H3. The molecule has 0 rings (SSSR count). The first-order valence-corrected chi connectivity index (χ1v) is 2.84. The molecule has 0 fully saturated rings. The molecule has 0 aliphatic carbocycles. The first-order chi connectivity index (χ1) is 4.27. The van der Waals surface area contributed by atoms with Gasteiger partial charge in [-0.1, -0.05) is 37.0 Å². The van der Waals surface area contributed by atoms with Crippen LogP contribution >= 0.6 is 0 Å². The van der Waals surface area contributed by atoms with E-state index in [0.717, 1.165) is 0 Å². The quantitative estimate of drug-likeness (QED) is 0.563. The number of aliphatic hydroxyl groups is 1. The third-order valence-corrected chi connectivity index (χ3v) is 0.723. The van der Waals surface area contributed by atoms with Crippen molar-refractivity contribution in [3.8, 4) is 0 Å². The van der Waals surface area contributed by atoms with Crippen molar-refractivity contribution in [1.29, 1.82) is 0 Å². The maximum atomic E-state index is 8.69. The molecule has 1 nitrogen and oxygen atoms in total. The predicted molar refractivity (Wildman–Crippen MR) is 38.8 cm³/mol. The van der Waals surface area contributed by atoms with Crippen molar-refractivity contribution in [2.75, 3.05) is 0 Å². The monoisotopic (exact) mass is 123 g/mol. The fraction of sp³-hybridized carbons (Fsp3) is 0.250. The highest BCUT2D eigenvalue weighted by Gasteiger charge is 1.79. The average molecular weight is 123 g/mol. The molecule has 1 unspecified atom stereocenters. The molecule has 0 aliphatic rings. The highest BCUT2D eigenvalue weighted by atomic mass is 16.3. The van der Waals surface area contributed by atoms with Crippen LogP contribution in [0.4, 0.5) is 0 Å². The Morgan fingerprint density at radius 1 is 1.33 bits per heavy atom. The summed E-state index contributed by atoms with van der Waals surface area (Å²) in [5.41, 5.74) is 0. The lowest BCUT2D eigenvalue weighted by Crippen LogP contribution is -1.90. The van der Waals surface area contributed by atoms with Gasteiger partial charge in [-0.2, -0.15) is 0 Å². The van der Waals surface area contributed by atoms with E-state index < -0.39 is 0 Å². The molecule has 1 N–H and O–H groups in total. The summed E-state index contributed by atoms with van der Waals surface area (Å²) in [6.07, 6.45) is 7.92. The molecule has 9 heavy (non-hydrogen) atoms. The molecule has 0 saturated heterocycles. The third kappa shape index (κ3) is 7.18. The summed E-state index contributed by atoms with van der Waals surface area (Å²) in [5.74, 6) is 0. The van der Waals surface area contributed by atoms with Gasteiger partial charge in [0.15, 0.2) is 0 Å². The topological polar surface area (TPSA) is 20.2 Å². The summed E-state index contributed by atoms with van der Waals surface area (Å²) >= 11 is 0. The van der Waals surface area contributed by atoms with Crippen LogP contribution in [-0.2, 0) is 0 Å². The Bertz CT molecular complexity index is 121. The number of hydrogen-bond acceptors (Lipinski definition) is 1. The molecule has 0 aromatic heterocycles. The van der Waals surface area contributed by atoms with Crippen molar-refractivity contribution in [3.05, 3.63) is 37.0 Å². The van der Waals surface area contributed by atoms with Crippen LogP contribution in [0.25, 0.3) is 0 Å². The van der Waals surface area contributed by atoms with Gasteiger partial charge in [0, 0.05) is 0 Å². The average Bonchev–Trinajstić information content (AvgIpc) is 1.80. The summed E-state index contributed by atoms with van der Waals surface area (Å²) in [6.45, 7) is 6.73. The number of hydrogen-bond donors (Lipinski definition) is 1. The van der Waals surface area contributed by atoms with Crippen molar-refractivity contribution in [2.45, 2.75) is 13.0 Å². The van der Waals surface area contributed by atoms with Crippen LogP contribution < -0.4 is 0 Å². The molecule has 0 aliphatic heterocycles. The van der Waals surface area contributed by atoms with E-state index in [1.54, 1.807) is 31.2 Å². The summed E-state index contributed by atoms with van der Waals surface area (Å²) in [7, 11) is 0. The molecule has 0 bridgehead atoms. The van der Waals surface area contributed by atoms with Crippen molar-refractivity contribution < 1.29 is 5.11 Å². The largest absolute Gasteiger partial charge is 0.389 e. The Morgan fingerprint density at radius 3 is 2.44 bits per heavy atom. The second-order valence-corrected chi connectivity index (χ2v) is 1.70. The first kappa shape index (κ1) is 8.18. The number of aliphatic hydroxyl groups excluding tert-OH is 1. The third-order valence-electron chi connectivity index (χ3n) is 0.723. The lowest BCUT2D eigenvalue weighted by Gasteiger charge is -1.88. The summed E-state index contributed by atoms with van der Waals surface area (Å²) in [5, 5.41) is 8.69. The minimum atomic E-state index is -0.382. The van der Waals surface area contributed by atoms with Gasteiger partial charge in [-0.3, -0.25) is 0 Å². The first-order valence-electron chi connectivity index (χ1n) is 2.84. The highest BCUT2D eigenvalue weighted by Crippen LogP contribution is 1.83. The van der Waals surface area contributed by atoms with E-state index in [2.05, 4.69) is 0 Å². The van der Waals surface area contributed by atoms with Gasteiger partial charge in [-0.15, -0.1) is 0 Å². The van der Waals surface area contributed by atoms with Gasteiger partial charge in [0.1, 0.15) is 0 Å². The zero-order chi connectivity index (χ0) is 7.11. The molecule has 1 atom stereocenters. The predicted octanol–water partition coefficient (Wildman–Crippen LogP) is 1.47. The van der Waals surface area contributed by atoms with E-state index in [1.807, 2.05) is 0 Å². The zero-order valence-corrected chi connectivity index (χ0v) is 5.49. The molecule has 0 heterocycles. The molecule has 0 aromatic rings. The molecule has 0 spiro atoms. The Morgan fingerprint density at radius 2 is 2.00 bits per heavy atom. The van der Waals surface area contributed by atoms with Gasteiger partial charge in [0.05, 0.1) is 6.10 Å². The minimum Gasteiger partial charge on any atom is -0.389 e. The van der Waals surface area contributed by atoms with E-state index in [4.69, 9.17) is 11.7 Å². The second kappa shape index (κ2) is 5.32. The molecular formula is C8H11O. The highest BCUT2D eigenvalue weighted by molar-refractivity contribution is 5.09. The molecule has 1 radical (unpaired) electrons.